The number of ether oxygens (including phenoxy) is 1. The van der Waals surface area contributed by atoms with E-state index in [0.29, 0.717) is 4.48 Å². The molecule has 1 unspecified atom stereocenters. The molecule has 0 saturated carbocycles. The summed E-state index contributed by atoms with van der Waals surface area (Å²) in [6.07, 6.45) is 2.15. The molecule has 0 bridgehead atoms. The summed E-state index contributed by atoms with van der Waals surface area (Å²) in [5.41, 5.74) is 0. The lowest BCUT2D eigenvalue weighted by Gasteiger charge is -2.34. The van der Waals surface area contributed by atoms with E-state index in [1.807, 2.05) is 21.0 Å². The van der Waals surface area contributed by atoms with Crippen LogP contribution in [0.4, 0.5) is 0 Å². The highest BCUT2D eigenvalue weighted by atomic mass is 16.6. The number of hydrogen-bond acceptors (Lipinski definition) is 2. The summed E-state index contributed by atoms with van der Waals surface area (Å²) in [6, 6.07) is 0. The maximum Gasteiger partial charge on any atom is 0.334 e. The molecule has 3 nitrogen and oxygen atoms in total. The fourth-order valence-corrected chi connectivity index (χ4v) is 1.12. The Hall–Kier alpha value is -0.830. The minimum Gasteiger partial charge on any atom is -0.410 e. The molecular formula is C10H20NO2+. The molecule has 0 aromatic carbocycles. The molecule has 0 radical (unpaired) electrons. The van der Waals surface area contributed by atoms with Crippen LogP contribution in [0.3, 0.4) is 0 Å². The van der Waals surface area contributed by atoms with E-state index in [1.54, 1.807) is 0 Å². The van der Waals surface area contributed by atoms with E-state index < -0.39 is 0 Å². The van der Waals surface area contributed by atoms with Crippen molar-refractivity contribution in [2.24, 2.45) is 0 Å². The van der Waals surface area contributed by atoms with Crippen molar-refractivity contribution in [1.82, 2.24) is 0 Å². The highest BCUT2D eigenvalue weighted by Gasteiger charge is 2.25. The molecule has 0 rings (SSSR count). The maximum absolute atomic E-state index is 10.9. The lowest BCUT2D eigenvalue weighted by atomic mass is 10.3. The Balaban J connectivity index is 4.14. The third-order valence-corrected chi connectivity index (χ3v) is 2.24. The van der Waals surface area contributed by atoms with Gasteiger partial charge in [0.2, 0.25) is 6.23 Å². The summed E-state index contributed by atoms with van der Waals surface area (Å²) in [7, 11) is 4.09. The van der Waals surface area contributed by atoms with E-state index in [1.165, 1.54) is 6.08 Å². The monoisotopic (exact) mass is 186 g/mol. The zero-order chi connectivity index (χ0) is 10.5. The molecule has 0 aliphatic heterocycles. The number of rotatable bonds is 5. The molecule has 0 aliphatic carbocycles. The Morgan fingerprint density at radius 1 is 1.62 bits per heavy atom. The van der Waals surface area contributed by atoms with Gasteiger partial charge in [-0.05, 0) is 6.42 Å². The molecule has 0 fully saturated rings. The zero-order valence-electron chi connectivity index (χ0n) is 9.04. The normalized spacial score (nSPS) is 13.5. The van der Waals surface area contributed by atoms with Gasteiger partial charge in [0, 0.05) is 13.0 Å². The van der Waals surface area contributed by atoms with Gasteiger partial charge in [0.15, 0.2) is 0 Å². The van der Waals surface area contributed by atoms with Gasteiger partial charge in [-0.1, -0.05) is 13.5 Å². The lowest BCUT2D eigenvalue weighted by molar-refractivity contribution is -0.932. The molecule has 0 aliphatic rings. The van der Waals surface area contributed by atoms with Crippen molar-refractivity contribution < 1.29 is 14.0 Å². The second-order valence-corrected chi connectivity index (χ2v) is 3.74. The Morgan fingerprint density at radius 3 is 2.54 bits per heavy atom. The zero-order valence-corrected chi connectivity index (χ0v) is 9.04. The van der Waals surface area contributed by atoms with Crippen LogP contribution in [-0.2, 0) is 9.53 Å². The molecule has 3 heteroatoms. The van der Waals surface area contributed by atoms with Crippen LogP contribution in [-0.4, -0.2) is 37.3 Å². The number of esters is 1. The molecule has 13 heavy (non-hydrogen) atoms. The summed E-state index contributed by atoms with van der Waals surface area (Å²) in [5.74, 6) is -0.352. The molecule has 0 aromatic heterocycles. The first kappa shape index (κ1) is 12.2. The Bertz CT molecular complexity index is 187. The van der Waals surface area contributed by atoms with Crippen LogP contribution in [0.2, 0.25) is 0 Å². The van der Waals surface area contributed by atoms with Crippen molar-refractivity contribution in [2.45, 2.75) is 26.5 Å². The first-order valence-corrected chi connectivity index (χ1v) is 4.59. The second-order valence-electron chi connectivity index (χ2n) is 3.74. The highest BCUT2D eigenvalue weighted by molar-refractivity contribution is 5.81. The van der Waals surface area contributed by atoms with E-state index in [-0.39, 0.29) is 12.2 Å². The topological polar surface area (TPSA) is 26.3 Å². The van der Waals surface area contributed by atoms with E-state index >= 15 is 0 Å². The van der Waals surface area contributed by atoms with Crippen molar-refractivity contribution in [3.05, 3.63) is 12.7 Å². The van der Waals surface area contributed by atoms with Gasteiger partial charge >= 0.3 is 5.97 Å². The standard InChI is InChI=1S/C10H20NO2/c1-6-8-11(4,5)9(3)13-10(12)7-2/h7,9H,2,6,8H2,1,3-5H3/q+1. The van der Waals surface area contributed by atoms with Gasteiger partial charge in [-0.2, -0.15) is 0 Å². The lowest BCUT2D eigenvalue weighted by Crippen LogP contribution is -2.49. The van der Waals surface area contributed by atoms with Crippen molar-refractivity contribution in [1.29, 1.82) is 0 Å². The van der Waals surface area contributed by atoms with Gasteiger partial charge in [-0.25, -0.2) is 4.79 Å². The van der Waals surface area contributed by atoms with Crippen molar-refractivity contribution >= 4 is 5.97 Å². The number of carbonyl (C=O) groups excluding carboxylic acids is 1. The number of hydrogen-bond donors (Lipinski definition) is 0. The molecule has 76 valence electrons. The first-order chi connectivity index (χ1) is 5.94. The Kier molecular flexibility index (Phi) is 4.70. The van der Waals surface area contributed by atoms with Crippen LogP contribution in [0.1, 0.15) is 20.3 Å². The molecule has 0 saturated heterocycles. The van der Waals surface area contributed by atoms with E-state index in [9.17, 15) is 4.79 Å². The minimum absolute atomic E-state index is 0.120. The van der Waals surface area contributed by atoms with Crippen LogP contribution in [0.5, 0.6) is 0 Å². The number of quaternary nitrogens is 1. The highest BCUT2D eigenvalue weighted by Crippen LogP contribution is 2.09. The third-order valence-electron chi connectivity index (χ3n) is 2.24. The van der Waals surface area contributed by atoms with E-state index in [4.69, 9.17) is 4.74 Å². The van der Waals surface area contributed by atoms with Crippen molar-refractivity contribution in [3.63, 3.8) is 0 Å². The fraction of sp³-hybridized carbons (Fsp3) is 0.700. The second kappa shape index (κ2) is 5.02. The van der Waals surface area contributed by atoms with Crippen LogP contribution >= 0.6 is 0 Å². The van der Waals surface area contributed by atoms with Gasteiger partial charge in [-0.3, -0.25) is 4.48 Å². The average Bonchev–Trinajstić information content (AvgIpc) is 2.04. The minimum atomic E-state index is -0.352. The number of nitrogens with zero attached hydrogens (tertiary/aromatic N) is 1. The maximum atomic E-state index is 10.9. The van der Waals surface area contributed by atoms with Gasteiger partial charge in [-0.15, -0.1) is 0 Å². The van der Waals surface area contributed by atoms with Crippen LogP contribution in [0, 0.1) is 0 Å². The Morgan fingerprint density at radius 2 is 2.15 bits per heavy atom. The molecule has 0 aromatic rings. The average molecular weight is 186 g/mol. The van der Waals surface area contributed by atoms with Gasteiger partial charge in [0.25, 0.3) is 0 Å². The largest absolute Gasteiger partial charge is 0.410 e. The summed E-state index contributed by atoms with van der Waals surface area (Å²) in [5, 5.41) is 0. The Labute approximate surface area is 80.6 Å². The van der Waals surface area contributed by atoms with E-state index in [0.717, 1.165) is 13.0 Å². The smallest absolute Gasteiger partial charge is 0.334 e. The van der Waals surface area contributed by atoms with Gasteiger partial charge in [0.05, 0.1) is 20.6 Å². The molecule has 0 N–H and O–H groups in total. The fourth-order valence-electron chi connectivity index (χ4n) is 1.12. The van der Waals surface area contributed by atoms with Gasteiger partial charge in [0.1, 0.15) is 0 Å². The quantitative estimate of drug-likeness (QED) is 0.282. The summed E-state index contributed by atoms with van der Waals surface area (Å²) < 4.78 is 5.82. The molecular weight excluding hydrogens is 166 g/mol. The molecule has 0 heterocycles. The van der Waals surface area contributed by atoms with Crippen molar-refractivity contribution in [2.75, 3.05) is 20.6 Å². The van der Waals surface area contributed by atoms with Crippen LogP contribution < -0.4 is 0 Å². The molecule has 1 atom stereocenters. The molecule has 0 spiro atoms. The van der Waals surface area contributed by atoms with Crippen molar-refractivity contribution in [3.8, 4) is 0 Å². The molecule has 0 amide bonds. The summed E-state index contributed by atoms with van der Waals surface area (Å²) in [4.78, 5) is 10.9. The van der Waals surface area contributed by atoms with Crippen LogP contribution in [0.15, 0.2) is 12.7 Å². The number of carbonyl (C=O) groups is 1. The third kappa shape index (κ3) is 4.08. The van der Waals surface area contributed by atoms with Gasteiger partial charge < -0.3 is 4.74 Å². The SMILES string of the molecule is C=CC(=O)OC(C)[N+](C)(C)CCC. The first-order valence-electron chi connectivity index (χ1n) is 4.59. The van der Waals surface area contributed by atoms with Crippen LogP contribution in [0.25, 0.3) is 0 Å². The van der Waals surface area contributed by atoms with E-state index in [2.05, 4.69) is 13.5 Å². The predicted molar refractivity (Wildman–Crippen MR) is 53.0 cm³/mol. The summed E-state index contributed by atoms with van der Waals surface area (Å²) in [6.45, 7) is 8.36. The summed E-state index contributed by atoms with van der Waals surface area (Å²) >= 11 is 0. The predicted octanol–water partition coefficient (Wildman–Crippen LogP) is 1.55.